The number of likely N-dealkylation sites (tertiary alicyclic amines) is 2. The van der Waals surface area contributed by atoms with E-state index >= 15 is 0 Å². The van der Waals surface area contributed by atoms with E-state index in [9.17, 15) is 4.79 Å². The Morgan fingerprint density at radius 1 is 0.947 bits per heavy atom. The number of piperidine rings is 2. The third-order valence-electron chi connectivity index (χ3n) is 8.75. The lowest BCUT2D eigenvalue weighted by Crippen LogP contribution is -2.52. The van der Waals surface area contributed by atoms with Crippen LogP contribution in [0.5, 0.6) is 11.5 Å². The van der Waals surface area contributed by atoms with Gasteiger partial charge in [0.2, 0.25) is 5.91 Å². The topological polar surface area (TPSA) is 45.3 Å². The molecule has 7 heteroatoms. The Bertz CT molecular complexity index is 1090. The van der Waals surface area contributed by atoms with E-state index in [1.54, 1.807) is 14.2 Å². The summed E-state index contributed by atoms with van der Waals surface area (Å²) in [5.74, 6) is 2.42. The number of hydrogen-bond acceptors (Lipinski definition) is 5. The molecule has 2 fully saturated rings. The van der Waals surface area contributed by atoms with Gasteiger partial charge < -0.3 is 14.4 Å². The molecule has 3 aliphatic rings. The van der Waals surface area contributed by atoms with Crippen LogP contribution in [0.4, 0.5) is 0 Å². The zero-order valence-electron chi connectivity index (χ0n) is 23.0. The van der Waals surface area contributed by atoms with Crippen LogP contribution in [0, 0.1) is 5.92 Å². The highest BCUT2D eigenvalue weighted by Crippen LogP contribution is 2.36. The van der Waals surface area contributed by atoms with Gasteiger partial charge in [0.05, 0.1) is 14.2 Å². The fraction of sp³-hybridized carbons (Fsp3) is 0.581. The molecule has 0 spiro atoms. The number of benzene rings is 2. The average molecular weight is 540 g/mol. The molecule has 0 saturated carbocycles. The fourth-order valence-corrected chi connectivity index (χ4v) is 6.78. The van der Waals surface area contributed by atoms with Gasteiger partial charge in [0, 0.05) is 56.8 Å². The summed E-state index contributed by atoms with van der Waals surface area (Å²) in [7, 11) is 3.41. The van der Waals surface area contributed by atoms with E-state index in [0.29, 0.717) is 24.3 Å². The van der Waals surface area contributed by atoms with Crippen LogP contribution in [0.15, 0.2) is 36.4 Å². The molecule has 3 aliphatic heterocycles. The molecule has 0 aromatic heterocycles. The molecule has 5 rings (SSSR count). The maximum Gasteiger partial charge on any atom is 0.222 e. The van der Waals surface area contributed by atoms with Crippen molar-refractivity contribution in [2.75, 3.05) is 46.9 Å². The smallest absolute Gasteiger partial charge is 0.222 e. The van der Waals surface area contributed by atoms with Crippen molar-refractivity contribution in [2.45, 2.75) is 64.1 Å². The minimum absolute atomic E-state index is 0.346. The Morgan fingerprint density at radius 3 is 2.37 bits per heavy atom. The van der Waals surface area contributed by atoms with Crippen molar-refractivity contribution >= 4 is 17.5 Å². The molecule has 0 N–H and O–H groups in total. The van der Waals surface area contributed by atoms with Gasteiger partial charge in [-0.15, -0.1) is 0 Å². The van der Waals surface area contributed by atoms with Gasteiger partial charge in [0.15, 0.2) is 11.5 Å². The lowest BCUT2D eigenvalue weighted by atomic mass is 9.85. The molecule has 2 aromatic carbocycles. The molecule has 38 heavy (non-hydrogen) atoms. The number of fused-ring (bicyclic) bond motifs is 1. The predicted octanol–water partition coefficient (Wildman–Crippen LogP) is 5.40. The summed E-state index contributed by atoms with van der Waals surface area (Å²) in [6.45, 7) is 6.86. The van der Waals surface area contributed by atoms with E-state index in [1.807, 2.05) is 12.1 Å². The van der Waals surface area contributed by atoms with Gasteiger partial charge in [-0.05, 0) is 91.9 Å². The first-order valence-electron chi connectivity index (χ1n) is 14.3. The highest BCUT2D eigenvalue weighted by atomic mass is 35.5. The van der Waals surface area contributed by atoms with Gasteiger partial charge in [-0.2, -0.15) is 0 Å². The third kappa shape index (κ3) is 6.47. The van der Waals surface area contributed by atoms with Crippen molar-refractivity contribution in [1.29, 1.82) is 0 Å². The SMILES string of the molecule is COc1cc2c(cc1OC)CN(C1CCN(Cc3ccc(Cl)cc3)CC1CCC(=O)N1CCCCC1)CC2. The quantitative estimate of drug-likeness (QED) is 0.449. The van der Waals surface area contributed by atoms with E-state index < -0.39 is 0 Å². The summed E-state index contributed by atoms with van der Waals surface area (Å²) in [5.41, 5.74) is 3.99. The Hall–Kier alpha value is -2.28. The van der Waals surface area contributed by atoms with E-state index in [-0.39, 0.29) is 0 Å². The Labute approximate surface area is 232 Å². The number of nitrogens with zero attached hydrogens (tertiary/aromatic N) is 3. The maximum absolute atomic E-state index is 13.1. The van der Waals surface area contributed by atoms with Crippen molar-refractivity contribution in [2.24, 2.45) is 5.92 Å². The van der Waals surface area contributed by atoms with Gasteiger partial charge in [0.25, 0.3) is 0 Å². The molecule has 1 amide bonds. The third-order valence-corrected chi connectivity index (χ3v) is 9.00. The first-order valence-corrected chi connectivity index (χ1v) is 14.6. The molecule has 6 nitrogen and oxygen atoms in total. The monoisotopic (exact) mass is 539 g/mol. The minimum Gasteiger partial charge on any atom is -0.493 e. The second-order valence-corrected chi connectivity index (χ2v) is 11.6. The Kier molecular flexibility index (Phi) is 9.13. The van der Waals surface area contributed by atoms with Crippen LogP contribution in [0.3, 0.4) is 0 Å². The van der Waals surface area contributed by atoms with Crippen LogP contribution >= 0.6 is 11.6 Å². The van der Waals surface area contributed by atoms with Gasteiger partial charge >= 0.3 is 0 Å². The molecule has 0 radical (unpaired) electrons. The normalized spacial score (nSPS) is 22.7. The first-order chi connectivity index (χ1) is 18.5. The largest absolute Gasteiger partial charge is 0.493 e. The summed E-state index contributed by atoms with van der Waals surface area (Å²) < 4.78 is 11.2. The molecular weight excluding hydrogens is 498 g/mol. The molecule has 206 valence electrons. The number of hydrogen-bond donors (Lipinski definition) is 0. The number of rotatable bonds is 8. The maximum atomic E-state index is 13.1. The van der Waals surface area contributed by atoms with E-state index in [4.69, 9.17) is 21.1 Å². The highest BCUT2D eigenvalue weighted by Gasteiger charge is 2.35. The van der Waals surface area contributed by atoms with E-state index in [2.05, 4.69) is 39.0 Å². The first kappa shape index (κ1) is 27.3. The van der Waals surface area contributed by atoms with Crippen LogP contribution in [0.25, 0.3) is 0 Å². The molecule has 2 aromatic rings. The molecular formula is C31H42ClN3O3. The lowest BCUT2D eigenvalue weighted by Gasteiger charge is -2.46. The second-order valence-electron chi connectivity index (χ2n) is 11.2. The van der Waals surface area contributed by atoms with Gasteiger partial charge in [-0.25, -0.2) is 0 Å². The minimum atomic E-state index is 0.346. The van der Waals surface area contributed by atoms with E-state index in [0.717, 1.165) is 94.4 Å². The summed E-state index contributed by atoms with van der Waals surface area (Å²) in [4.78, 5) is 20.4. The van der Waals surface area contributed by atoms with Crippen LogP contribution < -0.4 is 9.47 Å². The van der Waals surface area contributed by atoms with Crippen molar-refractivity contribution < 1.29 is 14.3 Å². The Morgan fingerprint density at radius 2 is 1.66 bits per heavy atom. The summed E-state index contributed by atoms with van der Waals surface area (Å²) in [5, 5.41) is 0.779. The standard InChI is InChI=1S/C31H42ClN3O3/c1-37-29-18-24-12-17-35(22-26(24)19-30(29)38-2)28-13-16-33(20-23-6-9-27(32)10-7-23)21-25(28)8-11-31(36)34-14-4-3-5-15-34/h6-7,9-10,18-19,25,28H,3-5,8,11-17,20-22H2,1-2H3. The fourth-order valence-electron chi connectivity index (χ4n) is 6.65. The molecule has 0 bridgehead atoms. The van der Waals surface area contributed by atoms with Crippen molar-refractivity contribution in [3.8, 4) is 11.5 Å². The molecule has 3 heterocycles. The average Bonchev–Trinajstić information content (AvgIpc) is 2.96. The number of ether oxygens (including phenoxy) is 2. The van der Waals surface area contributed by atoms with Gasteiger partial charge in [0.1, 0.15) is 0 Å². The van der Waals surface area contributed by atoms with Crippen molar-refractivity contribution in [3.63, 3.8) is 0 Å². The summed E-state index contributed by atoms with van der Waals surface area (Å²) in [6, 6.07) is 13.0. The predicted molar refractivity (Wildman–Crippen MR) is 152 cm³/mol. The number of carbonyl (C=O) groups is 1. The highest BCUT2D eigenvalue weighted by molar-refractivity contribution is 6.30. The summed E-state index contributed by atoms with van der Waals surface area (Å²) in [6.07, 6.45) is 7.29. The van der Waals surface area contributed by atoms with Crippen LogP contribution in [0.2, 0.25) is 5.02 Å². The molecule has 0 aliphatic carbocycles. The molecule has 2 atom stereocenters. The number of amides is 1. The second kappa shape index (κ2) is 12.7. The number of methoxy groups -OCH3 is 2. The van der Waals surface area contributed by atoms with Crippen LogP contribution in [-0.2, 0) is 24.3 Å². The summed E-state index contributed by atoms with van der Waals surface area (Å²) >= 11 is 6.12. The van der Waals surface area contributed by atoms with Crippen molar-refractivity contribution in [3.05, 3.63) is 58.1 Å². The van der Waals surface area contributed by atoms with Gasteiger partial charge in [-0.1, -0.05) is 23.7 Å². The van der Waals surface area contributed by atoms with E-state index in [1.165, 1.54) is 23.1 Å². The number of halogens is 1. The molecule has 2 saturated heterocycles. The number of carbonyl (C=O) groups excluding carboxylic acids is 1. The Balaban J connectivity index is 1.29. The molecule has 2 unspecified atom stereocenters. The lowest BCUT2D eigenvalue weighted by molar-refractivity contribution is -0.132. The van der Waals surface area contributed by atoms with Crippen LogP contribution in [-0.4, -0.2) is 73.6 Å². The van der Waals surface area contributed by atoms with Crippen LogP contribution in [0.1, 0.15) is 55.2 Å². The van der Waals surface area contributed by atoms with Crippen molar-refractivity contribution in [1.82, 2.24) is 14.7 Å². The zero-order valence-corrected chi connectivity index (χ0v) is 23.7. The zero-order chi connectivity index (χ0) is 26.5. The van der Waals surface area contributed by atoms with Gasteiger partial charge in [-0.3, -0.25) is 14.6 Å².